The van der Waals surface area contributed by atoms with Crippen molar-refractivity contribution in [3.05, 3.63) is 30.3 Å². The Balaban J connectivity index is 1.46. The van der Waals surface area contributed by atoms with Crippen molar-refractivity contribution in [3.8, 4) is 5.75 Å². The molecule has 0 radical (unpaired) electrons. The number of benzene rings is 1. The van der Waals surface area contributed by atoms with E-state index in [1.807, 2.05) is 30.3 Å². The lowest BCUT2D eigenvalue weighted by Gasteiger charge is -2.36. The Morgan fingerprint density at radius 1 is 1.29 bits per heavy atom. The van der Waals surface area contributed by atoms with Gasteiger partial charge in [-0.2, -0.15) is 0 Å². The zero-order chi connectivity index (χ0) is 14.5. The molecule has 0 aliphatic carbocycles. The smallest absolute Gasteiger partial charge is 0.139 e. The van der Waals surface area contributed by atoms with Crippen molar-refractivity contribution in [1.29, 1.82) is 0 Å². The fourth-order valence-electron chi connectivity index (χ4n) is 3.16. The van der Waals surface area contributed by atoms with Crippen molar-refractivity contribution >= 4 is 5.78 Å². The summed E-state index contributed by atoms with van der Waals surface area (Å²) in [6, 6.07) is 9.62. The Labute approximate surface area is 125 Å². The van der Waals surface area contributed by atoms with Crippen LogP contribution < -0.4 is 4.74 Å². The van der Waals surface area contributed by atoms with E-state index in [1.54, 1.807) is 0 Å². The van der Waals surface area contributed by atoms with Crippen molar-refractivity contribution in [1.82, 2.24) is 0 Å². The van der Waals surface area contributed by atoms with E-state index in [-0.39, 0.29) is 11.5 Å². The average Bonchev–Trinajstić information content (AvgIpc) is 2.96. The Kier molecular flexibility index (Phi) is 4.56. The molecule has 0 aromatic heterocycles. The molecular weight excluding hydrogens is 268 g/mol. The molecule has 1 aromatic rings. The van der Waals surface area contributed by atoms with Gasteiger partial charge in [-0.1, -0.05) is 18.2 Å². The molecule has 2 atom stereocenters. The molecule has 0 saturated carbocycles. The van der Waals surface area contributed by atoms with Gasteiger partial charge in [-0.05, 0) is 25.0 Å². The monoisotopic (exact) mass is 290 g/mol. The van der Waals surface area contributed by atoms with E-state index in [0.717, 1.165) is 31.6 Å². The van der Waals surface area contributed by atoms with Crippen LogP contribution in [0.3, 0.4) is 0 Å². The van der Waals surface area contributed by atoms with Gasteiger partial charge in [-0.3, -0.25) is 4.79 Å². The second kappa shape index (κ2) is 6.58. The minimum absolute atomic E-state index is 0.0971. The minimum atomic E-state index is -0.196. The summed E-state index contributed by atoms with van der Waals surface area (Å²) in [6.07, 6.45) is 3.01. The first-order valence-corrected chi connectivity index (χ1v) is 7.70. The highest BCUT2D eigenvalue weighted by molar-refractivity contribution is 5.81. The Morgan fingerprint density at radius 3 is 2.90 bits per heavy atom. The van der Waals surface area contributed by atoms with E-state index < -0.39 is 0 Å². The van der Waals surface area contributed by atoms with Crippen LogP contribution in [0.15, 0.2) is 30.3 Å². The number of ketones is 1. The molecule has 0 bridgehead atoms. The molecular formula is C17H22O4. The van der Waals surface area contributed by atoms with E-state index in [2.05, 4.69) is 0 Å². The molecule has 4 heteroatoms. The molecule has 2 aliphatic heterocycles. The quantitative estimate of drug-likeness (QED) is 0.836. The van der Waals surface area contributed by atoms with Crippen LogP contribution in [0.25, 0.3) is 0 Å². The highest BCUT2D eigenvalue weighted by Gasteiger charge is 2.42. The Morgan fingerprint density at radius 2 is 2.14 bits per heavy atom. The van der Waals surface area contributed by atoms with Crippen molar-refractivity contribution in [2.45, 2.75) is 31.3 Å². The van der Waals surface area contributed by atoms with Crippen molar-refractivity contribution in [2.24, 2.45) is 5.92 Å². The van der Waals surface area contributed by atoms with Gasteiger partial charge in [0.05, 0.1) is 18.8 Å². The van der Waals surface area contributed by atoms with Gasteiger partial charge in [-0.25, -0.2) is 0 Å². The molecule has 2 fully saturated rings. The first-order valence-electron chi connectivity index (χ1n) is 7.70. The number of carbonyl (C=O) groups is 1. The van der Waals surface area contributed by atoms with Gasteiger partial charge >= 0.3 is 0 Å². The third-order valence-corrected chi connectivity index (χ3v) is 4.38. The van der Waals surface area contributed by atoms with Crippen LogP contribution >= 0.6 is 0 Å². The summed E-state index contributed by atoms with van der Waals surface area (Å²) < 4.78 is 16.9. The maximum atomic E-state index is 12.4. The summed E-state index contributed by atoms with van der Waals surface area (Å²) in [4.78, 5) is 12.4. The van der Waals surface area contributed by atoms with Gasteiger partial charge in [0.25, 0.3) is 0 Å². The molecule has 21 heavy (non-hydrogen) atoms. The third kappa shape index (κ3) is 3.63. The molecule has 2 unspecified atom stereocenters. The van der Waals surface area contributed by atoms with E-state index in [0.29, 0.717) is 32.0 Å². The van der Waals surface area contributed by atoms with Crippen LogP contribution in [0.1, 0.15) is 25.7 Å². The van der Waals surface area contributed by atoms with Gasteiger partial charge in [0.1, 0.15) is 11.5 Å². The predicted octanol–water partition coefficient (Wildman–Crippen LogP) is 2.61. The molecule has 1 aromatic carbocycles. The Hall–Kier alpha value is -1.39. The highest BCUT2D eigenvalue weighted by Crippen LogP contribution is 2.36. The lowest BCUT2D eigenvalue weighted by atomic mass is 9.82. The van der Waals surface area contributed by atoms with Crippen LogP contribution in [-0.4, -0.2) is 37.8 Å². The summed E-state index contributed by atoms with van der Waals surface area (Å²) in [7, 11) is 0. The van der Waals surface area contributed by atoms with Gasteiger partial charge in [0.15, 0.2) is 0 Å². The maximum Gasteiger partial charge on any atom is 0.139 e. The highest BCUT2D eigenvalue weighted by atomic mass is 16.6. The SMILES string of the molecule is O=C(CCOc1ccccc1)C1CCOC2(CCOC2)C1. The fraction of sp³-hybridized carbons (Fsp3) is 0.588. The van der Waals surface area contributed by atoms with E-state index in [4.69, 9.17) is 14.2 Å². The fourth-order valence-corrected chi connectivity index (χ4v) is 3.16. The van der Waals surface area contributed by atoms with E-state index >= 15 is 0 Å². The molecule has 3 rings (SSSR count). The largest absolute Gasteiger partial charge is 0.493 e. The summed E-state index contributed by atoms with van der Waals surface area (Å²) in [5.41, 5.74) is -0.196. The molecule has 4 nitrogen and oxygen atoms in total. The summed E-state index contributed by atoms with van der Waals surface area (Å²) >= 11 is 0. The van der Waals surface area contributed by atoms with Crippen LogP contribution in [0, 0.1) is 5.92 Å². The van der Waals surface area contributed by atoms with Crippen molar-refractivity contribution < 1.29 is 19.0 Å². The van der Waals surface area contributed by atoms with Crippen molar-refractivity contribution in [3.63, 3.8) is 0 Å². The lowest BCUT2D eigenvalue weighted by molar-refractivity contribution is -0.137. The third-order valence-electron chi connectivity index (χ3n) is 4.38. The first kappa shape index (κ1) is 14.5. The number of hydrogen-bond donors (Lipinski definition) is 0. The van der Waals surface area contributed by atoms with Crippen LogP contribution in [0.4, 0.5) is 0 Å². The topological polar surface area (TPSA) is 44.8 Å². The number of para-hydroxylation sites is 1. The zero-order valence-corrected chi connectivity index (χ0v) is 12.3. The van der Waals surface area contributed by atoms with Gasteiger partial charge < -0.3 is 14.2 Å². The predicted molar refractivity (Wildman–Crippen MR) is 78.4 cm³/mol. The minimum Gasteiger partial charge on any atom is -0.493 e. The second-order valence-corrected chi connectivity index (χ2v) is 5.90. The van der Waals surface area contributed by atoms with Crippen LogP contribution in [-0.2, 0) is 14.3 Å². The molecule has 2 heterocycles. The van der Waals surface area contributed by atoms with E-state index in [9.17, 15) is 4.79 Å². The number of Topliss-reactive ketones (excluding diaryl/α,β-unsaturated/α-hetero) is 1. The molecule has 2 aliphatic rings. The summed E-state index contributed by atoms with van der Waals surface area (Å²) in [5.74, 6) is 1.21. The van der Waals surface area contributed by atoms with Crippen molar-refractivity contribution in [2.75, 3.05) is 26.4 Å². The van der Waals surface area contributed by atoms with Gasteiger partial charge in [0, 0.05) is 32.0 Å². The molecule has 114 valence electrons. The van der Waals surface area contributed by atoms with Gasteiger partial charge in [0.2, 0.25) is 0 Å². The molecule has 2 saturated heterocycles. The standard InChI is InChI=1S/C17H22O4/c18-16(7-9-20-15-4-2-1-3-5-15)14-6-10-21-17(12-14)8-11-19-13-17/h1-5,14H,6-13H2. The van der Waals surface area contributed by atoms with Gasteiger partial charge in [-0.15, -0.1) is 0 Å². The summed E-state index contributed by atoms with van der Waals surface area (Å²) in [6.45, 7) is 2.50. The molecule has 0 amide bonds. The second-order valence-electron chi connectivity index (χ2n) is 5.90. The first-order chi connectivity index (χ1) is 10.3. The maximum absolute atomic E-state index is 12.4. The zero-order valence-electron chi connectivity index (χ0n) is 12.3. The number of ether oxygens (including phenoxy) is 3. The number of hydrogen-bond acceptors (Lipinski definition) is 4. The summed E-state index contributed by atoms with van der Waals surface area (Å²) in [5, 5.41) is 0. The van der Waals surface area contributed by atoms with Crippen LogP contribution in [0.5, 0.6) is 5.75 Å². The Bertz CT molecular complexity index is 465. The molecule has 0 N–H and O–H groups in total. The van der Waals surface area contributed by atoms with E-state index in [1.165, 1.54) is 0 Å². The number of rotatable bonds is 5. The lowest BCUT2D eigenvalue weighted by Crippen LogP contribution is -2.42. The van der Waals surface area contributed by atoms with Crippen LogP contribution in [0.2, 0.25) is 0 Å². The average molecular weight is 290 g/mol. The normalized spacial score (nSPS) is 28.7. The molecule has 1 spiro atoms. The number of carbonyl (C=O) groups excluding carboxylic acids is 1.